The van der Waals surface area contributed by atoms with E-state index < -0.39 is 0 Å². The van der Waals surface area contributed by atoms with Crippen LogP contribution in [0, 0.1) is 0 Å². The summed E-state index contributed by atoms with van der Waals surface area (Å²) in [5, 5.41) is 118. The summed E-state index contributed by atoms with van der Waals surface area (Å²) in [5.41, 5.74) is 0. The van der Waals surface area contributed by atoms with Crippen molar-refractivity contribution in [3.05, 3.63) is 182 Å². The molecule has 0 atom stereocenters. The van der Waals surface area contributed by atoms with Crippen LogP contribution in [-0.2, 0) is 0 Å². The van der Waals surface area contributed by atoms with Crippen LogP contribution in [0.4, 0.5) is 0 Å². The van der Waals surface area contributed by atoms with Gasteiger partial charge in [0.2, 0.25) is 0 Å². The predicted octanol–water partition coefficient (Wildman–Crippen LogP) is 21.8. The number of hydrogen-bond acceptors (Lipinski definition) is 30. The van der Waals surface area contributed by atoms with Crippen molar-refractivity contribution in [2.75, 3.05) is 119 Å². The van der Waals surface area contributed by atoms with Gasteiger partial charge in [-0.05, 0) is 173 Å². The highest BCUT2D eigenvalue weighted by molar-refractivity contribution is 5.48. The summed E-state index contributed by atoms with van der Waals surface area (Å²) in [6.45, 7) is 7.63. The number of rotatable bonds is 72. The Bertz CT molecular complexity index is 4190. The summed E-state index contributed by atoms with van der Waals surface area (Å²) in [4.78, 5) is 0. The molecule has 0 aliphatic carbocycles. The highest BCUT2D eigenvalue weighted by atomic mass is 16.5. The number of aromatic hydroxyl groups is 12. The minimum absolute atomic E-state index is 0.0744. The smallest absolute Gasteiger partial charge is 0.126 e. The van der Waals surface area contributed by atoms with Gasteiger partial charge < -0.3 is 147 Å². The first-order chi connectivity index (χ1) is 65.8. The van der Waals surface area contributed by atoms with E-state index in [-0.39, 0.29) is 69.0 Å². The molecule has 0 aliphatic heterocycles. The van der Waals surface area contributed by atoms with E-state index in [1.165, 1.54) is 109 Å². The third-order valence-corrected chi connectivity index (χ3v) is 20.6. The van der Waals surface area contributed by atoms with E-state index in [0.717, 1.165) is 173 Å². The molecule has 0 aromatic heterocycles. The lowest BCUT2D eigenvalue weighted by Gasteiger charge is -2.15. The molecule has 0 amide bonds. The van der Waals surface area contributed by atoms with E-state index in [4.69, 9.17) is 85.3 Å². The first-order valence-electron chi connectivity index (χ1n) is 46.9. The zero-order chi connectivity index (χ0) is 95.1. The monoisotopic (exact) mass is 1870 g/mol. The van der Waals surface area contributed by atoms with Crippen LogP contribution in [0.15, 0.2) is 182 Å². The summed E-state index contributed by atoms with van der Waals surface area (Å²) in [7, 11) is 0. The molecule has 12 N–H and O–H groups in total. The Balaban J connectivity index is 0.706. The molecule has 0 radical (unpaired) electrons. The molecule has 0 bridgehead atoms. The van der Waals surface area contributed by atoms with Gasteiger partial charge in [-0.1, -0.05) is 0 Å². The fourth-order valence-electron chi connectivity index (χ4n) is 13.9. The van der Waals surface area contributed by atoms with Crippen molar-refractivity contribution in [3.8, 4) is 172 Å². The highest BCUT2D eigenvalue weighted by Gasteiger charge is 2.16. The van der Waals surface area contributed by atoms with Gasteiger partial charge in [-0.15, -0.1) is 0 Å². The Morgan fingerprint density at radius 1 is 0.0889 bits per heavy atom. The number of hydrogen-bond donors (Lipinski definition) is 12. The van der Waals surface area contributed by atoms with Gasteiger partial charge in [0.05, 0.1) is 119 Å². The second-order valence-electron chi connectivity index (χ2n) is 32.5. The van der Waals surface area contributed by atoms with Crippen molar-refractivity contribution in [3.63, 3.8) is 0 Å². The second-order valence-corrected chi connectivity index (χ2v) is 32.5. The first-order valence-corrected chi connectivity index (χ1v) is 46.9. The Kier molecular flexibility index (Phi) is 45.6. The van der Waals surface area contributed by atoms with Gasteiger partial charge in [0.1, 0.15) is 172 Å². The van der Waals surface area contributed by atoms with Crippen LogP contribution < -0.4 is 85.3 Å². The van der Waals surface area contributed by atoms with Crippen LogP contribution in [0.3, 0.4) is 0 Å². The van der Waals surface area contributed by atoms with Crippen LogP contribution in [0.25, 0.3) is 0 Å². The van der Waals surface area contributed by atoms with E-state index in [9.17, 15) is 61.3 Å². The average Bonchev–Trinajstić information content (AvgIpc) is 0.869. The van der Waals surface area contributed by atoms with Gasteiger partial charge in [-0.3, -0.25) is 0 Å². The van der Waals surface area contributed by atoms with Crippen LogP contribution in [-0.4, -0.2) is 180 Å². The zero-order valence-electron chi connectivity index (χ0n) is 76.9. The van der Waals surface area contributed by atoms with E-state index in [1.807, 2.05) is 72.8 Å². The van der Waals surface area contributed by atoms with Crippen LogP contribution in [0.2, 0.25) is 0 Å². The lowest BCUT2D eigenvalue weighted by atomic mass is 10.2. The standard InChI is InChI=1S/C105H132O30/c106-76-46-77(107)53-88(52-76)118-28-10-1-16-34-124-94-64-95(125-35-17-2-11-29-119-89-54-78(108)47-79(109)55-89)68-100(67-94)130-40-22-7-25-43-133-103-73-104(134-44-26-8-23-41-131-101-69-96(126-36-18-3-12-30-120-90-56-80(110)48-81(111)57-90)65-97(70-101)127-37-19-4-13-31-121-91-58-82(112)49-83(113)59-91)75-105(74-103)135-45-27-9-24-42-132-102-71-98(128-38-20-5-14-32-122-92-60-84(114)50-85(115)61-92)66-99(72-102)129-39-21-6-15-33-123-93-62-86(116)51-87(117)63-93/h46-75,106-117H,1-45H2. The summed E-state index contributed by atoms with van der Waals surface area (Å²) in [6.07, 6.45) is 20.6. The van der Waals surface area contributed by atoms with E-state index in [0.29, 0.717) is 222 Å². The SMILES string of the molecule is Oc1cc(O)cc(OCCCCCOc2cc(OCCCCCOc3cc(O)cc(O)c3)cc(OCCCCCOc3cc(OCCCCCOc4cc(OCCCCCOc5cc(O)cc(O)c5)cc(OCCCCCOc5cc(O)cc(O)c5)c4)cc(OCCCCCOc4cc(OCCCCCOc5cc(O)cc(O)c5)cc(OCCCCCOc5cc(O)cc(O)c5)c4)c3)c2)c1. The molecule has 0 fully saturated rings. The maximum absolute atomic E-state index is 9.83. The maximum Gasteiger partial charge on any atom is 0.126 e. The molecule has 0 heterocycles. The van der Waals surface area contributed by atoms with Gasteiger partial charge in [0.25, 0.3) is 0 Å². The summed E-state index contributed by atoms with van der Waals surface area (Å²) in [6, 6.07) is 47.3. The molecular formula is C105H132O30. The van der Waals surface area contributed by atoms with Gasteiger partial charge in [-0.25, -0.2) is 0 Å². The van der Waals surface area contributed by atoms with Crippen LogP contribution in [0.5, 0.6) is 172 Å². The van der Waals surface area contributed by atoms with E-state index >= 15 is 0 Å². The van der Waals surface area contributed by atoms with E-state index in [1.54, 1.807) is 0 Å². The Morgan fingerprint density at radius 2 is 0.156 bits per heavy atom. The van der Waals surface area contributed by atoms with Gasteiger partial charge in [0, 0.05) is 182 Å². The zero-order valence-corrected chi connectivity index (χ0v) is 76.9. The Labute approximate surface area is 789 Å². The first kappa shape index (κ1) is 103. The fraction of sp³-hybridized carbons (Fsp3) is 0.429. The minimum atomic E-state index is -0.0744. The number of phenols is 12. The van der Waals surface area contributed by atoms with E-state index in [2.05, 4.69) is 0 Å². The molecule has 0 aliphatic rings. The Hall–Kier alpha value is -13.8. The third-order valence-electron chi connectivity index (χ3n) is 20.6. The molecule has 0 spiro atoms. The molecular weight excluding hydrogens is 1740 g/mol. The predicted molar refractivity (Wildman–Crippen MR) is 508 cm³/mol. The summed E-state index contributed by atoms with van der Waals surface area (Å²) in [5.74, 6) is 8.73. The normalized spacial score (nSPS) is 11.0. The lowest BCUT2D eigenvalue weighted by molar-refractivity contribution is 0.258. The van der Waals surface area contributed by atoms with Crippen molar-refractivity contribution < 1.29 is 147 Å². The lowest BCUT2D eigenvalue weighted by Crippen LogP contribution is -2.05. The van der Waals surface area contributed by atoms with Gasteiger partial charge >= 0.3 is 0 Å². The molecule has 10 rings (SSSR count). The molecule has 732 valence electrons. The molecule has 10 aromatic rings. The Morgan fingerprint density at radius 3 is 0.230 bits per heavy atom. The highest BCUT2D eigenvalue weighted by Crippen LogP contribution is 2.37. The molecule has 135 heavy (non-hydrogen) atoms. The molecule has 0 unspecified atom stereocenters. The van der Waals surface area contributed by atoms with Crippen molar-refractivity contribution in [2.45, 2.75) is 173 Å². The van der Waals surface area contributed by atoms with Gasteiger partial charge in [-0.2, -0.15) is 0 Å². The number of ether oxygens (including phenoxy) is 18. The molecule has 30 heteroatoms. The largest absolute Gasteiger partial charge is 0.508 e. The molecule has 0 saturated carbocycles. The third kappa shape index (κ3) is 43.6. The quantitative estimate of drug-likeness (QED) is 0.0158. The molecule has 30 nitrogen and oxygen atoms in total. The van der Waals surface area contributed by atoms with Crippen LogP contribution in [0.1, 0.15) is 173 Å². The minimum Gasteiger partial charge on any atom is -0.508 e. The summed E-state index contributed by atoms with van der Waals surface area (Å²) < 4.78 is 110. The number of phenolic OH excluding ortho intramolecular Hbond substituents is 12. The maximum atomic E-state index is 9.83. The van der Waals surface area contributed by atoms with Crippen LogP contribution >= 0.6 is 0 Å². The van der Waals surface area contributed by atoms with Crippen molar-refractivity contribution in [2.24, 2.45) is 0 Å². The average molecular weight is 1870 g/mol. The number of unbranched alkanes of at least 4 members (excludes halogenated alkanes) is 18. The topological polar surface area (TPSA) is 409 Å². The van der Waals surface area contributed by atoms with Crippen molar-refractivity contribution in [1.29, 1.82) is 0 Å². The summed E-state index contributed by atoms with van der Waals surface area (Å²) >= 11 is 0. The second kappa shape index (κ2) is 59.7. The van der Waals surface area contributed by atoms with Crippen molar-refractivity contribution >= 4 is 0 Å². The van der Waals surface area contributed by atoms with Gasteiger partial charge in [0.15, 0.2) is 0 Å². The number of benzene rings is 10. The fourth-order valence-corrected chi connectivity index (χ4v) is 13.9. The van der Waals surface area contributed by atoms with Crippen molar-refractivity contribution in [1.82, 2.24) is 0 Å². The molecule has 0 saturated heterocycles. The molecule has 10 aromatic carbocycles.